The smallest absolute Gasteiger partial charge is 0.307 e. The summed E-state index contributed by atoms with van der Waals surface area (Å²) in [4.78, 5) is 24.2. The maximum atomic E-state index is 13.4. The van der Waals surface area contributed by atoms with Gasteiger partial charge in [0.05, 0.1) is 13.0 Å². The molecule has 1 aliphatic heterocycles. The van der Waals surface area contributed by atoms with E-state index >= 15 is 0 Å². The summed E-state index contributed by atoms with van der Waals surface area (Å²) in [5.41, 5.74) is 10.0. The standard InChI is InChI=1S/C20H22FN5O3/c1-2-29-18(27)12-17(22-20(28)19-23-25-26-24-19)10-13-6-8-14(9-7-13)15-4-3-5-16(21)11-15/h3-9,11,17,25-26H,2,10,12H2,1H3,(H,22,28)(H,23,24)/t17-/m1/s1. The van der Waals surface area contributed by atoms with Crippen molar-refractivity contribution in [1.29, 1.82) is 0 Å². The number of hydrazine groups is 2. The molecule has 4 N–H and O–H groups in total. The van der Waals surface area contributed by atoms with Crippen molar-refractivity contribution in [3.63, 3.8) is 0 Å². The number of esters is 1. The van der Waals surface area contributed by atoms with Crippen LogP contribution in [0, 0.1) is 5.82 Å². The zero-order valence-corrected chi connectivity index (χ0v) is 15.9. The fourth-order valence-corrected chi connectivity index (χ4v) is 2.94. The number of hydrogen-bond donors (Lipinski definition) is 4. The first-order valence-electron chi connectivity index (χ1n) is 9.20. The average Bonchev–Trinajstić information content (AvgIpc) is 3.24. The highest BCUT2D eigenvalue weighted by atomic mass is 19.1. The zero-order valence-electron chi connectivity index (χ0n) is 15.9. The molecule has 1 atom stereocenters. The Morgan fingerprint density at radius 1 is 1.17 bits per heavy atom. The molecule has 1 heterocycles. The molecule has 0 spiro atoms. The molecular formula is C20H22FN5O3. The van der Waals surface area contributed by atoms with E-state index in [1.165, 1.54) is 12.1 Å². The van der Waals surface area contributed by atoms with E-state index in [0.717, 1.165) is 16.7 Å². The van der Waals surface area contributed by atoms with E-state index in [1.807, 2.05) is 30.3 Å². The number of hydrogen-bond acceptors (Lipinski definition) is 7. The third kappa shape index (κ3) is 5.76. The first-order valence-corrected chi connectivity index (χ1v) is 9.20. The maximum absolute atomic E-state index is 13.4. The van der Waals surface area contributed by atoms with E-state index in [4.69, 9.17) is 4.74 Å². The van der Waals surface area contributed by atoms with Gasteiger partial charge < -0.3 is 10.1 Å². The lowest BCUT2D eigenvalue weighted by Crippen LogP contribution is -2.47. The number of hydrazone groups is 1. The predicted octanol–water partition coefficient (Wildman–Crippen LogP) is 1.40. The van der Waals surface area contributed by atoms with Crippen molar-refractivity contribution in [2.45, 2.75) is 25.8 Å². The lowest BCUT2D eigenvalue weighted by molar-refractivity contribution is -0.143. The van der Waals surface area contributed by atoms with Crippen molar-refractivity contribution in [3.05, 3.63) is 59.9 Å². The molecule has 2 aromatic rings. The quantitative estimate of drug-likeness (QED) is 0.501. The highest BCUT2D eigenvalue weighted by molar-refractivity contribution is 6.38. The molecule has 0 saturated carbocycles. The molecule has 0 radical (unpaired) electrons. The van der Waals surface area contributed by atoms with E-state index in [2.05, 4.69) is 26.9 Å². The van der Waals surface area contributed by atoms with Crippen LogP contribution in [0.4, 0.5) is 4.39 Å². The van der Waals surface area contributed by atoms with Gasteiger partial charge in [-0.1, -0.05) is 36.4 Å². The summed E-state index contributed by atoms with van der Waals surface area (Å²) in [7, 11) is 0. The number of amides is 1. The lowest BCUT2D eigenvalue weighted by atomic mass is 9.99. The molecule has 0 fully saturated rings. The zero-order chi connectivity index (χ0) is 20.6. The summed E-state index contributed by atoms with van der Waals surface area (Å²) in [6, 6.07) is 13.4. The minimum atomic E-state index is -0.480. The predicted molar refractivity (Wildman–Crippen MR) is 106 cm³/mol. The molecule has 152 valence electrons. The van der Waals surface area contributed by atoms with Gasteiger partial charge in [-0.25, -0.2) is 9.93 Å². The minimum Gasteiger partial charge on any atom is -0.466 e. The highest BCUT2D eigenvalue weighted by Gasteiger charge is 2.22. The molecule has 29 heavy (non-hydrogen) atoms. The van der Waals surface area contributed by atoms with Gasteiger partial charge in [-0.2, -0.15) is 0 Å². The second-order valence-corrected chi connectivity index (χ2v) is 6.41. The van der Waals surface area contributed by atoms with Crippen molar-refractivity contribution in [2.75, 3.05) is 6.61 Å². The Morgan fingerprint density at radius 2 is 1.97 bits per heavy atom. The minimum absolute atomic E-state index is 0.0271. The van der Waals surface area contributed by atoms with Crippen LogP contribution in [0.2, 0.25) is 0 Å². The van der Waals surface area contributed by atoms with E-state index in [0.29, 0.717) is 6.42 Å². The van der Waals surface area contributed by atoms with E-state index in [-0.39, 0.29) is 24.7 Å². The number of nitrogens with zero attached hydrogens (tertiary/aromatic N) is 1. The van der Waals surface area contributed by atoms with Crippen molar-refractivity contribution in [1.82, 2.24) is 21.8 Å². The largest absolute Gasteiger partial charge is 0.466 e. The van der Waals surface area contributed by atoms with Gasteiger partial charge in [-0.05, 0) is 42.2 Å². The third-order valence-electron chi connectivity index (χ3n) is 4.27. The topological polar surface area (TPSA) is 104 Å². The van der Waals surface area contributed by atoms with Gasteiger partial charge in [0.15, 0.2) is 0 Å². The second kappa shape index (κ2) is 9.65. The number of halogens is 1. The highest BCUT2D eigenvalue weighted by Crippen LogP contribution is 2.21. The summed E-state index contributed by atoms with van der Waals surface area (Å²) in [6.45, 7) is 2.00. The summed E-state index contributed by atoms with van der Waals surface area (Å²) < 4.78 is 18.4. The van der Waals surface area contributed by atoms with Gasteiger partial charge in [-0.15, -0.1) is 10.6 Å². The fraction of sp³-hybridized carbons (Fsp3) is 0.250. The molecule has 0 bridgehead atoms. The Morgan fingerprint density at radius 3 is 2.62 bits per heavy atom. The molecule has 9 heteroatoms. The van der Waals surface area contributed by atoms with Gasteiger partial charge in [0, 0.05) is 6.04 Å². The Bertz CT molecular complexity index is 901. The average molecular weight is 399 g/mol. The second-order valence-electron chi connectivity index (χ2n) is 6.41. The summed E-state index contributed by atoms with van der Waals surface area (Å²) in [6.07, 6.45) is 0.446. The third-order valence-corrected chi connectivity index (χ3v) is 4.27. The van der Waals surface area contributed by atoms with Crippen LogP contribution in [-0.2, 0) is 20.7 Å². The number of ether oxygens (including phenoxy) is 1. The monoisotopic (exact) mass is 399 g/mol. The van der Waals surface area contributed by atoms with Gasteiger partial charge in [0.2, 0.25) is 5.84 Å². The number of rotatable bonds is 8. The van der Waals surface area contributed by atoms with Crippen LogP contribution in [0.15, 0.2) is 53.6 Å². The van der Waals surface area contributed by atoms with Crippen molar-refractivity contribution in [2.24, 2.45) is 5.10 Å². The van der Waals surface area contributed by atoms with Crippen molar-refractivity contribution in [3.8, 4) is 11.1 Å². The molecule has 8 nitrogen and oxygen atoms in total. The molecule has 0 aromatic heterocycles. The molecule has 3 rings (SSSR count). The van der Waals surface area contributed by atoms with Crippen LogP contribution in [0.25, 0.3) is 11.1 Å². The Balaban J connectivity index is 1.70. The summed E-state index contributed by atoms with van der Waals surface area (Å²) in [5, 5.41) is 6.54. The molecular weight excluding hydrogens is 377 g/mol. The van der Waals surface area contributed by atoms with Crippen LogP contribution in [0.3, 0.4) is 0 Å². The van der Waals surface area contributed by atoms with E-state index < -0.39 is 17.9 Å². The van der Waals surface area contributed by atoms with Crippen molar-refractivity contribution < 1.29 is 18.7 Å². The van der Waals surface area contributed by atoms with Gasteiger partial charge in [0.1, 0.15) is 5.82 Å². The Hall–Kier alpha value is -3.46. The van der Waals surface area contributed by atoms with Crippen LogP contribution in [-0.4, -0.2) is 30.4 Å². The van der Waals surface area contributed by atoms with Crippen LogP contribution in [0.5, 0.6) is 0 Å². The molecule has 0 aliphatic carbocycles. The van der Waals surface area contributed by atoms with Crippen LogP contribution in [0.1, 0.15) is 18.9 Å². The maximum Gasteiger partial charge on any atom is 0.307 e. The number of amidine groups is 1. The Labute approximate surface area is 167 Å². The normalized spacial score (nSPS) is 13.7. The number of benzene rings is 2. The van der Waals surface area contributed by atoms with Crippen molar-refractivity contribution >= 4 is 17.7 Å². The first kappa shape index (κ1) is 20.3. The van der Waals surface area contributed by atoms with Crippen LogP contribution >= 0.6 is 0 Å². The number of carbonyl (C=O) groups is 2. The van der Waals surface area contributed by atoms with Gasteiger partial charge >= 0.3 is 5.97 Å². The van der Waals surface area contributed by atoms with Crippen LogP contribution < -0.4 is 21.8 Å². The molecule has 0 saturated heterocycles. The molecule has 1 aliphatic rings. The van der Waals surface area contributed by atoms with Gasteiger partial charge in [0.25, 0.3) is 5.91 Å². The molecule has 1 amide bonds. The summed E-state index contributed by atoms with van der Waals surface area (Å²) >= 11 is 0. The lowest BCUT2D eigenvalue weighted by Gasteiger charge is -2.18. The van der Waals surface area contributed by atoms with E-state index in [1.54, 1.807) is 13.0 Å². The number of nitrogens with one attached hydrogen (secondary N) is 4. The SMILES string of the molecule is CCOC(=O)C[C@@H](Cc1ccc(-c2cccc(F)c2)cc1)NC(=O)C1=NNNN1. The van der Waals surface area contributed by atoms with Gasteiger partial charge in [-0.3, -0.25) is 15.0 Å². The molecule has 2 aromatic carbocycles. The molecule has 0 unspecified atom stereocenters. The first-order chi connectivity index (χ1) is 14.0. The fourth-order valence-electron chi connectivity index (χ4n) is 2.94. The Kier molecular flexibility index (Phi) is 6.75. The van der Waals surface area contributed by atoms with E-state index in [9.17, 15) is 14.0 Å². The summed E-state index contributed by atoms with van der Waals surface area (Å²) in [5.74, 6) is -1.07. The number of carbonyl (C=O) groups excluding carboxylic acids is 2.